The second kappa shape index (κ2) is 8.71. The Morgan fingerprint density at radius 1 is 0.889 bits per heavy atom. The van der Waals surface area contributed by atoms with Crippen molar-refractivity contribution in [1.29, 1.82) is 0 Å². The van der Waals surface area contributed by atoms with Crippen molar-refractivity contribution < 1.29 is 18.3 Å². The molecule has 0 bridgehead atoms. The topological polar surface area (TPSA) is 50.7 Å². The van der Waals surface area contributed by atoms with Crippen LogP contribution >= 0.6 is 0 Å². The summed E-state index contributed by atoms with van der Waals surface area (Å²) < 4.78 is 31.3. The molecular weight excluding hydrogens is 350 g/mol. The average molecular weight is 366 g/mol. The van der Waals surface area contributed by atoms with Crippen LogP contribution in [0, 0.1) is 11.6 Å². The summed E-state index contributed by atoms with van der Waals surface area (Å²) in [6, 6.07) is 18.4. The van der Waals surface area contributed by atoms with Gasteiger partial charge in [0.1, 0.15) is 24.0 Å². The van der Waals surface area contributed by atoms with Gasteiger partial charge in [-0.2, -0.15) is 5.10 Å². The maximum atomic E-state index is 12.9. The first-order valence-electron chi connectivity index (χ1n) is 8.16. The summed E-state index contributed by atoms with van der Waals surface area (Å²) in [6.07, 6.45) is 1.49. The zero-order valence-corrected chi connectivity index (χ0v) is 14.2. The molecule has 3 aromatic carbocycles. The number of halogens is 2. The molecule has 0 unspecified atom stereocenters. The smallest absolute Gasteiger partial charge is 0.271 e. The SMILES string of the molecule is O=C(N/N=C\c1ccc(OCc2ccc(F)cc2)cc1)c1ccc(F)cc1. The largest absolute Gasteiger partial charge is 0.489 e. The fraction of sp³-hybridized carbons (Fsp3) is 0.0476. The predicted molar refractivity (Wildman–Crippen MR) is 98.6 cm³/mol. The third-order valence-electron chi connectivity index (χ3n) is 3.68. The van der Waals surface area contributed by atoms with Crippen molar-refractivity contribution in [3.63, 3.8) is 0 Å². The molecular formula is C21H16F2N2O2. The Morgan fingerprint density at radius 2 is 1.48 bits per heavy atom. The van der Waals surface area contributed by atoms with Gasteiger partial charge < -0.3 is 4.74 Å². The number of nitrogens with zero attached hydrogens (tertiary/aromatic N) is 1. The van der Waals surface area contributed by atoms with Gasteiger partial charge in [-0.25, -0.2) is 14.2 Å². The Balaban J connectivity index is 1.50. The summed E-state index contributed by atoms with van der Waals surface area (Å²) in [6.45, 7) is 0.335. The van der Waals surface area contributed by atoms with Crippen LogP contribution < -0.4 is 10.2 Å². The van der Waals surface area contributed by atoms with Crippen molar-refractivity contribution in [2.24, 2.45) is 5.10 Å². The van der Waals surface area contributed by atoms with E-state index in [2.05, 4.69) is 10.5 Å². The fourth-order valence-corrected chi connectivity index (χ4v) is 2.23. The van der Waals surface area contributed by atoms with Gasteiger partial charge in [-0.15, -0.1) is 0 Å². The second-order valence-corrected chi connectivity index (χ2v) is 5.69. The minimum absolute atomic E-state index is 0.283. The summed E-state index contributed by atoms with van der Waals surface area (Å²) in [5.74, 6) is -0.456. The van der Waals surface area contributed by atoms with Gasteiger partial charge in [0.05, 0.1) is 6.21 Å². The highest BCUT2D eigenvalue weighted by Crippen LogP contribution is 2.14. The van der Waals surface area contributed by atoms with Gasteiger partial charge >= 0.3 is 0 Å². The van der Waals surface area contributed by atoms with Crippen LogP contribution in [0.3, 0.4) is 0 Å². The van der Waals surface area contributed by atoms with Gasteiger partial charge in [-0.3, -0.25) is 4.79 Å². The number of nitrogens with one attached hydrogen (secondary N) is 1. The summed E-state index contributed by atoms with van der Waals surface area (Å²) >= 11 is 0. The highest BCUT2D eigenvalue weighted by molar-refractivity contribution is 5.94. The number of benzene rings is 3. The molecule has 6 heteroatoms. The lowest BCUT2D eigenvalue weighted by molar-refractivity contribution is 0.0955. The molecule has 0 atom stereocenters. The molecule has 0 aliphatic rings. The summed E-state index contributed by atoms with van der Waals surface area (Å²) in [7, 11) is 0. The number of hydrogen-bond acceptors (Lipinski definition) is 3. The molecule has 0 saturated heterocycles. The Hall–Kier alpha value is -3.54. The molecule has 136 valence electrons. The maximum Gasteiger partial charge on any atom is 0.271 e. The van der Waals surface area contributed by atoms with Crippen molar-refractivity contribution >= 4 is 12.1 Å². The minimum atomic E-state index is -0.425. The number of carbonyl (C=O) groups excluding carboxylic acids is 1. The monoisotopic (exact) mass is 366 g/mol. The number of ether oxygens (including phenoxy) is 1. The molecule has 0 aliphatic heterocycles. The molecule has 27 heavy (non-hydrogen) atoms. The van der Waals surface area contributed by atoms with Gasteiger partial charge in [0.25, 0.3) is 5.91 Å². The number of amides is 1. The van der Waals surface area contributed by atoms with Crippen molar-refractivity contribution in [1.82, 2.24) is 5.43 Å². The number of carbonyl (C=O) groups is 1. The number of hydrogen-bond donors (Lipinski definition) is 1. The van der Waals surface area contributed by atoms with Crippen LogP contribution in [-0.4, -0.2) is 12.1 Å². The van der Waals surface area contributed by atoms with E-state index in [1.165, 1.54) is 42.6 Å². The second-order valence-electron chi connectivity index (χ2n) is 5.69. The summed E-state index contributed by atoms with van der Waals surface area (Å²) in [5.41, 5.74) is 4.33. The normalized spacial score (nSPS) is 10.7. The third-order valence-corrected chi connectivity index (χ3v) is 3.68. The molecule has 0 fully saturated rings. The quantitative estimate of drug-likeness (QED) is 0.522. The van der Waals surface area contributed by atoms with Gasteiger partial charge in [-0.1, -0.05) is 12.1 Å². The van der Waals surface area contributed by atoms with Gasteiger partial charge in [0.15, 0.2) is 0 Å². The highest BCUT2D eigenvalue weighted by Gasteiger charge is 2.03. The Bertz CT molecular complexity index is 922. The lowest BCUT2D eigenvalue weighted by Gasteiger charge is -2.06. The first kappa shape index (κ1) is 18.3. The average Bonchev–Trinajstić information content (AvgIpc) is 2.69. The van der Waals surface area contributed by atoms with Crippen molar-refractivity contribution in [3.05, 3.63) is 101 Å². The van der Waals surface area contributed by atoms with E-state index in [1.807, 2.05) is 0 Å². The van der Waals surface area contributed by atoms with E-state index in [0.717, 1.165) is 11.1 Å². The van der Waals surface area contributed by atoms with Gasteiger partial charge in [-0.05, 0) is 71.8 Å². The molecule has 1 N–H and O–H groups in total. The lowest BCUT2D eigenvalue weighted by Crippen LogP contribution is -2.17. The predicted octanol–water partition coefficient (Wildman–Crippen LogP) is 4.31. The van der Waals surface area contributed by atoms with E-state index in [9.17, 15) is 13.6 Å². The van der Waals surface area contributed by atoms with Crippen LogP contribution in [0.25, 0.3) is 0 Å². The minimum Gasteiger partial charge on any atom is -0.489 e. The van der Waals surface area contributed by atoms with Crippen LogP contribution in [0.5, 0.6) is 5.75 Å². The Kier molecular flexibility index (Phi) is 5.89. The Labute approximate surface area is 155 Å². The first-order valence-corrected chi connectivity index (χ1v) is 8.16. The number of rotatable bonds is 6. The lowest BCUT2D eigenvalue weighted by atomic mass is 10.2. The first-order chi connectivity index (χ1) is 13.1. The highest BCUT2D eigenvalue weighted by atomic mass is 19.1. The molecule has 0 radical (unpaired) electrons. The molecule has 0 saturated carbocycles. The molecule has 0 heterocycles. The molecule has 4 nitrogen and oxygen atoms in total. The summed E-state index contributed by atoms with van der Waals surface area (Å²) in [5, 5.41) is 3.88. The Morgan fingerprint density at radius 3 is 2.11 bits per heavy atom. The van der Waals surface area contributed by atoms with Crippen molar-refractivity contribution in [3.8, 4) is 5.75 Å². The zero-order chi connectivity index (χ0) is 19.1. The van der Waals surface area contributed by atoms with Crippen LogP contribution in [0.15, 0.2) is 77.9 Å². The fourth-order valence-electron chi connectivity index (χ4n) is 2.23. The van der Waals surface area contributed by atoms with Gasteiger partial charge in [0, 0.05) is 5.56 Å². The number of hydrazone groups is 1. The van der Waals surface area contributed by atoms with Crippen molar-refractivity contribution in [2.45, 2.75) is 6.61 Å². The molecule has 0 aliphatic carbocycles. The molecule has 1 amide bonds. The molecule has 0 spiro atoms. The van der Waals surface area contributed by atoms with Crippen LogP contribution in [0.4, 0.5) is 8.78 Å². The third kappa shape index (κ3) is 5.47. The van der Waals surface area contributed by atoms with Crippen LogP contribution in [-0.2, 0) is 6.61 Å². The van der Waals surface area contributed by atoms with Crippen LogP contribution in [0.1, 0.15) is 21.5 Å². The molecule has 0 aromatic heterocycles. The zero-order valence-electron chi connectivity index (χ0n) is 14.2. The van der Waals surface area contributed by atoms with E-state index < -0.39 is 11.7 Å². The van der Waals surface area contributed by atoms with E-state index in [0.29, 0.717) is 17.9 Å². The van der Waals surface area contributed by atoms with Crippen LogP contribution in [0.2, 0.25) is 0 Å². The van der Waals surface area contributed by atoms with E-state index >= 15 is 0 Å². The van der Waals surface area contributed by atoms with E-state index in [-0.39, 0.29) is 5.82 Å². The van der Waals surface area contributed by atoms with Gasteiger partial charge in [0.2, 0.25) is 0 Å². The van der Waals surface area contributed by atoms with E-state index in [1.54, 1.807) is 36.4 Å². The molecule has 3 rings (SSSR count). The van der Waals surface area contributed by atoms with E-state index in [4.69, 9.17) is 4.74 Å². The summed E-state index contributed by atoms with van der Waals surface area (Å²) in [4.78, 5) is 11.9. The maximum absolute atomic E-state index is 12.9. The van der Waals surface area contributed by atoms with Crippen molar-refractivity contribution in [2.75, 3.05) is 0 Å². The standard InChI is InChI=1S/C21H16F2N2O2/c22-18-7-1-16(2-8-18)14-27-20-11-3-15(4-12-20)13-24-25-21(26)17-5-9-19(23)10-6-17/h1-13H,14H2,(H,25,26)/b24-13-. The molecule has 3 aromatic rings.